The van der Waals surface area contributed by atoms with E-state index in [1.807, 2.05) is 0 Å². The molecule has 1 amide bonds. The van der Waals surface area contributed by atoms with Crippen molar-refractivity contribution >= 4 is 18.3 Å². The predicted molar refractivity (Wildman–Crippen MR) is 76.0 cm³/mol. The van der Waals surface area contributed by atoms with Gasteiger partial charge in [-0.15, -0.1) is 12.4 Å². The van der Waals surface area contributed by atoms with Gasteiger partial charge in [-0.3, -0.25) is 4.79 Å². The average molecular weight is 287 g/mol. The Morgan fingerprint density at radius 1 is 1.42 bits per heavy atom. The minimum Gasteiger partial charge on any atom is -0.351 e. The van der Waals surface area contributed by atoms with Crippen LogP contribution in [0.15, 0.2) is 24.3 Å². The van der Waals surface area contributed by atoms with Crippen LogP contribution in [0.1, 0.15) is 25.3 Å². The van der Waals surface area contributed by atoms with Gasteiger partial charge in [0, 0.05) is 5.54 Å². The van der Waals surface area contributed by atoms with Crippen molar-refractivity contribution in [1.29, 1.82) is 0 Å². The van der Waals surface area contributed by atoms with Crippen molar-refractivity contribution < 1.29 is 9.18 Å². The third kappa shape index (κ3) is 4.80. The fraction of sp³-hybridized carbons (Fsp3) is 0.500. The van der Waals surface area contributed by atoms with Gasteiger partial charge < -0.3 is 10.6 Å². The van der Waals surface area contributed by atoms with Gasteiger partial charge in [0.15, 0.2) is 0 Å². The molecule has 1 aromatic rings. The van der Waals surface area contributed by atoms with Gasteiger partial charge in [-0.05, 0) is 50.6 Å². The third-order valence-corrected chi connectivity index (χ3v) is 3.40. The molecule has 2 rings (SSSR count). The first-order valence-electron chi connectivity index (χ1n) is 6.34. The Bertz CT molecular complexity index is 433. The Morgan fingerprint density at radius 3 is 2.74 bits per heavy atom. The number of benzene rings is 1. The lowest BCUT2D eigenvalue weighted by molar-refractivity contribution is -0.122. The van der Waals surface area contributed by atoms with Crippen LogP contribution in [-0.2, 0) is 11.2 Å². The average Bonchev–Trinajstić information content (AvgIpc) is 2.28. The summed E-state index contributed by atoms with van der Waals surface area (Å²) in [5.74, 6) is -0.335. The van der Waals surface area contributed by atoms with E-state index in [-0.39, 0.29) is 36.1 Å². The number of rotatable bonds is 3. The maximum absolute atomic E-state index is 13.0. The second kappa shape index (κ2) is 6.87. The lowest BCUT2D eigenvalue weighted by Crippen LogP contribution is -2.52. The summed E-state index contributed by atoms with van der Waals surface area (Å²) in [6, 6.07) is 6.19. The molecule has 0 aliphatic carbocycles. The zero-order valence-electron chi connectivity index (χ0n) is 11.0. The van der Waals surface area contributed by atoms with Crippen LogP contribution in [0.25, 0.3) is 0 Å². The van der Waals surface area contributed by atoms with E-state index < -0.39 is 0 Å². The maximum atomic E-state index is 13.0. The van der Waals surface area contributed by atoms with Crippen molar-refractivity contribution in [2.75, 3.05) is 13.1 Å². The lowest BCUT2D eigenvalue weighted by atomic mass is 9.90. The molecule has 2 N–H and O–H groups in total. The van der Waals surface area contributed by atoms with Crippen LogP contribution < -0.4 is 10.6 Å². The van der Waals surface area contributed by atoms with E-state index in [2.05, 4.69) is 17.6 Å². The molecule has 1 aromatic carbocycles. The topological polar surface area (TPSA) is 41.1 Å². The standard InChI is InChI=1S/C14H19FN2O.ClH/c1-14(5-7-16-8-6-14)17-13(18)10-11-3-2-4-12(15)9-11;/h2-4,9,16H,5-8,10H2,1H3,(H,17,18);1H. The molecule has 0 unspecified atom stereocenters. The molecule has 0 saturated carbocycles. The molecule has 0 aromatic heterocycles. The highest BCUT2D eigenvalue weighted by Gasteiger charge is 2.28. The molecule has 106 valence electrons. The monoisotopic (exact) mass is 286 g/mol. The van der Waals surface area contributed by atoms with Crippen molar-refractivity contribution in [3.63, 3.8) is 0 Å². The first-order chi connectivity index (χ1) is 8.57. The van der Waals surface area contributed by atoms with Crippen molar-refractivity contribution in [1.82, 2.24) is 10.6 Å². The summed E-state index contributed by atoms with van der Waals surface area (Å²) in [6.07, 6.45) is 2.10. The zero-order valence-corrected chi connectivity index (χ0v) is 11.9. The SMILES string of the molecule is CC1(NC(=O)Cc2cccc(F)c2)CCNCC1.Cl. The molecule has 0 radical (unpaired) electrons. The summed E-state index contributed by atoms with van der Waals surface area (Å²) < 4.78 is 13.0. The third-order valence-electron chi connectivity index (χ3n) is 3.40. The maximum Gasteiger partial charge on any atom is 0.224 e. The summed E-state index contributed by atoms with van der Waals surface area (Å²) in [5, 5.41) is 6.33. The molecule has 0 atom stereocenters. The molecule has 1 aliphatic heterocycles. The Hall–Kier alpha value is -1.13. The van der Waals surface area contributed by atoms with Gasteiger partial charge in [0.1, 0.15) is 5.82 Å². The first-order valence-corrected chi connectivity index (χ1v) is 6.34. The van der Waals surface area contributed by atoms with E-state index in [0.29, 0.717) is 5.56 Å². The number of hydrogen-bond acceptors (Lipinski definition) is 2. The summed E-state index contributed by atoms with van der Waals surface area (Å²) in [4.78, 5) is 11.9. The Morgan fingerprint density at radius 2 is 2.11 bits per heavy atom. The Balaban J connectivity index is 0.00000180. The Kier molecular flexibility index (Phi) is 5.76. The number of hydrogen-bond donors (Lipinski definition) is 2. The van der Waals surface area contributed by atoms with Gasteiger partial charge >= 0.3 is 0 Å². The molecule has 1 fully saturated rings. The highest BCUT2D eigenvalue weighted by Crippen LogP contribution is 2.17. The fourth-order valence-electron chi connectivity index (χ4n) is 2.32. The van der Waals surface area contributed by atoms with Crippen molar-refractivity contribution in [3.8, 4) is 0 Å². The van der Waals surface area contributed by atoms with Crippen molar-refractivity contribution in [2.24, 2.45) is 0 Å². The van der Waals surface area contributed by atoms with Crippen molar-refractivity contribution in [2.45, 2.75) is 31.7 Å². The van der Waals surface area contributed by atoms with Crippen LogP contribution in [-0.4, -0.2) is 24.5 Å². The molecule has 1 aliphatic rings. The number of piperidine rings is 1. The summed E-state index contributed by atoms with van der Waals surface area (Å²) in [7, 11) is 0. The number of amides is 1. The van der Waals surface area contributed by atoms with E-state index in [9.17, 15) is 9.18 Å². The van der Waals surface area contributed by atoms with Gasteiger partial charge in [0.25, 0.3) is 0 Å². The zero-order chi connectivity index (χ0) is 13.0. The van der Waals surface area contributed by atoms with Crippen LogP contribution in [0.2, 0.25) is 0 Å². The van der Waals surface area contributed by atoms with Crippen LogP contribution in [0.5, 0.6) is 0 Å². The van der Waals surface area contributed by atoms with Crippen LogP contribution in [0.3, 0.4) is 0 Å². The number of carbonyl (C=O) groups is 1. The van der Waals surface area contributed by atoms with Crippen LogP contribution in [0.4, 0.5) is 4.39 Å². The van der Waals surface area contributed by atoms with Gasteiger partial charge in [-0.1, -0.05) is 12.1 Å². The van der Waals surface area contributed by atoms with E-state index >= 15 is 0 Å². The summed E-state index contributed by atoms with van der Waals surface area (Å²) in [6.45, 7) is 3.92. The predicted octanol–water partition coefficient (Wildman–Crippen LogP) is 2.05. The van der Waals surface area contributed by atoms with E-state index in [0.717, 1.165) is 25.9 Å². The second-order valence-corrected chi connectivity index (χ2v) is 5.17. The molecule has 0 spiro atoms. The highest BCUT2D eigenvalue weighted by atomic mass is 35.5. The van der Waals surface area contributed by atoms with E-state index in [4.69, 9.17) is 0 Å². The normalized spacial score (nSPS) is 17.4. The molecular weight excluding hydrogens is 267 g/mol. The molecule has 3 nitrogen and oxygen atoms in total. The molecule has 5 heteroatoms. The minimum absolute atomic E-state index is 0. The number of nitrogens with one attached hydrogen (secondary N) is 2. The van der Waals surface area contributed by atoms with E-state index in [1.54, 1.807) is 12.1 Å². The number of halogens is 2. The molecular formula is C14H20ClFN2O. The smallest absolute Gasteiger partial charge is 0.224 e. The first kappa shape index (κ1) is 15.9. The molecule has 1 saturated heterocycles. The second-order valence-electron chi connectivity index (χ2n) is 5.17. The lowest BCUT2D eigenvalue weighted by Gasteiger charge is -2.35. The minimum atomic E-state index is -0.298. The van der Waals surface area contributed by atoms with Gasteiger partial charge in [0.2, 0.25) is 5.91 Å². The quantitative estimate of drug-likeness (QED) is 0.893. The van der Waals surface area contributed by atoms with Gasteiger partial charge in [-0.25, -0.2) is 4.39 Å². The molecule has 1 heterocycles. The molecule has 0 bridgehead atoms. The van der Waals surface area contributed by atoms with Crippen LogP contribution in [0, 0.1) is 5.82 Å². The van der Waals surface area contributed by atoms with Gasteiger partial charge in [-0.2, -0.15) is 0 Å². The highest BCUT2D eigenvalue weighted by molar-refractivity contribution is 5.85. The fourth-order valence-corrected chi connectivity index (χ4v) is 2.32. The summed E-state index contributed by atoms with van der Waals surface area (Å²) in [5.41, 5.74) is 0.584. The van der Waals surface area contributed by atoms with E-state index in [1.165, 1.54) is 12.1 Å². The van der Waals surface area contributed by atoms with Gasteiger partial charge in [0.05, 0.1) is 6.42 Å². The Labute approximate surface area is 119 Å². The molecule has 19 heavy (non-hydrogen) atoms. The van der Waals surface area contributed by atoms with Crippen LogP contribution >= 0.6 is 12.4 Å². The number of carbonyl (C=O) groups excluding carboxylic acids is 1. The van der Waals surface area contributed by atoms with Crippen molar-refractivity contribution in [3.05, 3.63) is 35.6 Å². The largest absolute Gasteiger partial charge is 0.351 e. The summed E-state index contributed by atoms with van der Waals surface area (Å²) >= 11 is 0.